The van der Waals surface area contributed by atoms with E-state index >= 15 is 0 Å². The molecule has 186 valence electrons. The first-order chi connectivity index (χ1) is 17.3. The molecule has 2 atom stereocenters. The average Bonchev–Trinajstić information content (AvgIpc) is 2.87. The highest BCUT2D eigenvalue weighted by atomic mass is 19.1. The molecular formula is C28H27FN2O5. The van der Waals surface area contributed by atoms with Crippen molar-refractivity contribution in [3.63, 3.8) is 0 Å². The second-order valence-electron chi connectivity index (χ2n) is 8.27. The number of halogens is 1. The molecule has 8 heteroatoms. The Kier molecular flexibility index (Phi) is 9.05. The van der Waals surface area contributed by atoms with E-state index in [0.717, 1.165) is 0 Å². The largest absolute Gasteiger partial charge is 0.467 e. The molecule has 0 aliphatic rings. The van der Waals surface area contributed by atoms with Gasteiger partial charge in [-0.1, -0.05) is 66.7 Å². The number of benzene rings is 3. The Morgan fingerprint density at radius 3 is 2.03 bits per heavy atom. The van der Waals surface area contributed by atoms with Crippen LogP contribution in [0.3, 0.4) is 0 Å². The summed E-state index contributed by atoms with van der Waals surface area (Å²) in [5.41, 5.74) is 2.25. The van der Waals surface area contributed by atoms with Crippen LogP contribution in [0.15, 0.2) is 78.9 Å². The summed E-state index contributed by atoms with van der Waals surface area (Å²) in [4.78, 5) is 49.8. The van der Waals surface area contributed by atoms with E-state index in [1.807, 2.05) is 6.07 Å². The van der Waals surface area contributed by atoms with Gasteiger partial charge in [-0.25, -0.2) is 9.18 Å². The predicted octanol–water partition coefficient (Wildman–Crippen LogP) is 3.00. The van der Waals surface area contributed by atoms with E-state index in [-0.39, 0.29) is 18.6 Å². The lowest BCUT2D eigenvalue weighted by Crippen LogP contribution is -2.53. The fourth-order valence-electron chi connectivity index (χ4n) is 3.75. The fraction of sp³-hybridized carbons (Fsp3) is 0.214. The highest BCUT2D eigenvalue weighted by Gasteiger charge is 2.27. The standard InChI is InChI=1S/C28H27FN2O5/c1-18(32)30-24(17-20-7-6-10-23(29)15-20)27(34)31-25(28(35)36-2)16-19-11-13-22(14-12-19)26(33)21-8-4-3-5-9-21/h3-15,24-25H,16-17H2,1-2H3,(H,30,32)(H,31,34)/t24-,25+/m0/s1. The SMILES string of the molecule is COC(=O)[C@@H](Cc1ccc(C(=O)c2ccccc2)cc1)NC(=O)[C@H](Cc1cccc(F)c1)NC(C)=O. The van der Waals surface area contributed by atoms with Crippen LogP contribution >= 0.6 is 0 Å². The van der Waals surface area contributed by atoms with E-state index in [2.05, 4.69) is 10.6 Å². The Labute approximate surface area is 208 Å². The lowest BCUT2D eigenvalue weighted by atomic mass is 9.99. The number of carbonyl (C=O) groups is 4. The molecule has 0 aliphatic heterocycles. The Morgan fingerprint density at radius 2 is 1.42 bits per heavy atom. The van der Waals surface area contributed by atoms with Crippen LogP contribution in [0.2, 0.25) is 0 Å². The number of methoxy groups -OCH3 is 1. The van der Waals surface area contributed by atoms with Gasteiger partial charge in [0, 0.05) is 30.9 Å². The maximum atomic E-state index is 13.6. The monoisotopic (exact) mass is 490 g/mol. The van der Waals surface area contributed by atoms with E-state index < -0.39 is 35.7 Å². The van der Waals surface area contributed by atoms with Crippen LogP contribution in [0.1, 0.15) is 34.0 Å². The second-order valence-corrected chi connectivity index (χ2v) is 8.27. The van der Waals surface area contributed by atoms with Gasteiger partial charge in [-0.2, -0.15) is 0 Å². The summed E-state index contributed by atoms with van der Waals surface area (Å²) in [6.45, 7) is 1.27. The number of nitrogens with one attached hydrogen (secondary N) is 2. The summed E-state index contributed by atoms with van der Waals surface area (Å²) in [6, 6.07) is 19.2. The Balaban J connectivity index is 1.73. The van der Waals surface area contributed by atoms with E-state index in [1.54, 1.807) is 54.6 Å². The van der Waals surface area contributed by atoms with Crippen molar-refractivity contribution in [3.05, 3.63) is 107 Å². The van der Waals surface area contributed by atoms with Crippen LogP contribution in [-0.4, -0.2) is 42.8 Å². The van der Waals surface area contributed by atoms with E-state index in [0.29, 0.717) is 22.3 Å². The highest BCUT2D eigenvalue weighted by molar-refractivity contribution is 6.08. The van der Waals surface area contributed by atoms with Crippen molar-refractivity contribution in [1.29, 1.82) is 0 Å². The number of ketones is 1. The summed E-state index contributed by atoms with van der Waals surface area (Å²) in [6.07, 6.45) is 0.137. The van der Waals surface area contributed by atoms with Crippen LogP contribution in [-0.2, 0) is 32.0 Å². The molecule has 0 fully saturated rings. The van der Waals surface area contributed by atoms with E-state index in [1.165, 1.54) is 32.2 Å². The minimum Gasteiger partial charge on any atom is -0.467 e. The third-order valence-corrected chi connectivity index (χ3v) is 5.52. The average molecular weight is 491 g/mol. The van der Waals surface area contributed by atoms with Gasteiger partial charge in [-0.15, -0.1) is 0 Å². The summed E-state index contributed by atoms with van der Waals surface area (Å²) in [5, 5.41) is 5.18. The summed E-state index contributed by atoms with van der Waals surface area (Å²) in [5.74, 6) is -2.31. The van der Waals surface area contributed by atoms with Crippen LogP contribution in [0.25, 0.3) is 0 Å². The van der Waals surface area contributed by atoms with Crippen molar-refractivity contribution in [2.75, 3.05) is 7.11 Å². The summed E-state index contributed by atoms with van der Waals surface area (Å²) >= 11 is 0. The highest BCUT2D eigenvalue weighted by Crippen LogP contribution is 2.13. The molecule has 2 amide bonds. The first-order valence-electron chi connectivity index (χ1n) is 11.3. The molecule has 36 heavy (non-hydrogen) atoms. The number of ether oxygens (including phenoxy) is 1. The molecule has 3 aromatic carbocycles. The summed E-state index contributed by atoms with van der Waals surface area (Å²) in [7, 11) is 1.21. The van der Waals surface area contributed by atoms with Gasteiger partial charge in [-0.3, -0.25) is 14.4 Å². The third-order valence-electron chi connectivity index (χ3n) is 5.52. The zero-order chi connectivity index (χ0) is 26.1. The minimum absolute atomic E-state index is 0.0351. The number of hydrogen-bond donors (Lipinski definition) is 2. The van der Waals surface area contributed by atoms with E-state index in [4.69, 9.17) is 4.74 Å². The normalized spacial score (nSPS) is 12.2. The number of amides is 2. The van der Waals surface area contributed by atoms with Gasteiger partial charge in [0.15, 0.2) is 5.78 Å². The van der Waals surface area contributed by atoms with Gasteiger partial charge in [-0.05, 0) is 23.3 Å². The first-order valence-corrected chi connectivity index (χ1v) is 11.3. The smallest absolute Gasteiger partial charge is 0.328 e. The van der Waals surface area contributed by atoms with Crippen LogP contribution in [0.4, 0.5) is 4.39 Å². The number of carbonyl (C=O) groups excluding carboxylic acids is 4. The van der Waals surface area contributed by atoms with E-state index in [9.17, 15) is 23.6 Å². The zero-order valence-corrected chi connectivity index (χ0v) is 20.0. The molecule has 0 saturated carbocycles. The van der Waals surface area contributed by atoms with Crippen LogP contribution in [0, 0.1) is 5.82 Å². The van der Waals surface area contributed by atoms with Gasteiger partial charge < -0.3 is 15.4 Å². The Hall–Kier alpha value is -4.33. The van der Waals surface area contributed by atoms with Crippen molar-refractivity contribution in [3.8, 4) is 0 Å². The Morgan fingerprint density at radius 1 is 0.778 bits per heavy atom. The molecule has 2 N–H and O–H groups in total. The zero-order valence-electron chi connectivity index (χ0n) is 20.0. The minimum atomic E-state index is -1.04. The molecule has 0 unspecified atom stereocenters. The molecule has 0 aliphatic carbocycles. The lowest BCUT2D eigenvalue weighted by Gasteiger charge is -2.22. The predicted molar refractivity (Wildman–Crippen MR) is 132 cm³/mol. The van der Waals surface area contributed by atoms with Crippen molar-refractivity contribution in [1.82, 2.24) is 10.6 Å². The first kappa shape index (κ1) is 26.3. The molecule has 0 saturated heterocycles. The van der Waals surface area contributed by atoms with Crippen molar-refractivity contribution in [2.24, 2.45) is 0 Å². The lowest BCUT2D eigenvalue weighted by molar-refractivity contribution is -0.145. The molecule has 0 heterocycles. The third kappa shape index (κ3) is 7.33. The fourth-order valence-corrected chi connectivity index (χ4v) is 3.75. The molecule has 0 radical (unpaired) electrons. The van der Waals surface area contributed by atoms with Crippen molar-refractivity contribution >= 4 is 23.6 Å². The molecule has 3 aromatic rings. The second kappa shape index (κ2) is 12.4. The molecule has 0 aromatic heterocycles. The molecule has 0 spiro atoms. The van der Waals surface area contributed by atoms with Gasteiger partial charge in [0.2, 0.25) is 11.8 Å². The number of esters is 1. The number of rotatable bonds is 10. The van der Waals surface area contributed by atoms with Crippen LogP contribution in [0.5, 0.6) is 0 Å². The van der Waals surface area contributed by atoms with Gasteiger partial charge >= 0.3 is 5.97 Å². The Bertz CT molecular complexity index is 1230. The molecule has 3 rings (SSSR count). The summed E-state index contributed by atoms with van der Waals surface area (Å²) < 4.78 is 18.4. The van der Waals surface area contributed by atoms with Crippen LogP contribution < -0.4 is 10.6 Å². The maximum absolute atomic E-state index is 13.6. The number of hydrogen-bond acceptors (Lipinski definition) is 5. The topological polar surface area (TPSA) is 102 Å². The maximum Gasteiger partial charge on any atom is 0.328 e. The van der Waals surface area contributed by atoms with Crippen molar-refractivity contribution in [2.45, 2.75) is 31.8 Å². The molecular weight excluding hydrogens is 463 g/mol. The molecule has 0 bridgehead atoms. The van der Waals surface area contributed by atoms with Gasteiger partial charge in [0.1, 0.15) is 17.9 Å². The van der Waals surface area contributed by atoms with Gasteiger partial charge in [0.25, 0.3) is 0 Å². The van der Waals surface area contributed by atoms with Gasteiger partial charge in [0.05, 0.1) is 7.11 Å². The molecule has 7 nitrogen and oxygen atoms in total. The van der Waals surface area contributed by atoms with Crippen molar-refractivity contribution < 1.29 is 28.3 Å². The quantitative estimate of drug-likeness (QED) is 0.336.